The second-order valence-corrected chi connectivity index (χ2v) is 5.07. The number of fused-ring (bicyclic) bond motifs is 1. The number of hydrogen-bond acceptors (Lipinski definition) is 4. The van der Waals surface area contributed by atoms with Gasteiger partial charge < -0.3 is 9.73 Å². The molecule has 0 saturated carbocycles. The first-order chi connectivity index (χ1) is 9.24. The van der Waals surface area contributed by atoms with E-state index in [-0.39, 0.29) is 6.04 Å². The molecule has 1 atom stereocenters. The van der Waals surface area contributed by atoms with E-state index in [2.05, 4.69) is 38.4 Å². The van der Waals surface area contributed by atoms with Crippen LogP contribution in [0.2, 0.25) is 0 Å². The highest BCUT2D eigenvalue weighted by molar-refractivity contribution is 9.10. The molecule has 0 aliphatic rings. The average molecular weight is 321 g/mol. The van der Waals surface area contributed by atoms with Crippen LogP contribution in [0.4, 0.5) is 0 Å². The highest BCUT2D eigenvalue weighted by atomic mass is 79.9. The topological polar surface area (TPSA) is 55.4 Å². The Morgan fingerprint density at radius 2 is 2.21 bits per heavy atom. The first kappa shape index (κ1) is 12.4. The first-order valence-corrected chi connectivity index (χ1v) is 6.80. The summed E-state index contributed by atoms with van der Waals surface area (Å²) >= 11 is 3.30. The normalized spacial score (nSPS) is 12.9. The Labute approximate surface area is 118 Å². The molecule has 0 aromatic carbocycles. The van der Waals surface area contributed by atoms with Gasteiger partial charge in [0.1, 0.15) is 5.76 Å². The number of nitrogens with one attached hydrogen (secondary N) is 1. The molecule has 3 heterocycles. The molecule has 3 aromatic heterocycles. The predicted octanol–water partition coefficient (Wildman–Crippen LogP) is 2.94. The fourth-order valence-corrected chi connectivity index (χ4v) is 2.24. The molecule has 0 spiro atoms. The van der Waals surface area contributed by atoms with Crippen molar-refractivity contribution < 1.29 is 4.42 Å². The number of aromatic nitrogens is 3. The summed E-state index contributed by atoms with van der Waals surface area (Å²) in [6.45, 7) is 2.68. The van der Waals surface area contributed by atoms with Crippen molar-refractivity contribution in [1.82, 2.24) is 19.9 Å². The van der Waals surface area contributed by atoms with Crippen LogP contribution in [-0.2, 0) is 6.54 Å². The lowest BCUT2D eigenvalue weighted by Gasteiger charge is -2.10. The van der Waals surface area contributed by atoms with Gasteiger partial charge in [0.15, 0.2) is 16.1 Å². The second-order valence-electron chi connectivity index (χ2n) is 4.29. The van der Waals surface area contributed by atoms with E-state index in [1.165, 1.54) is 0 Å². The summed E-state index contributed by atoms with van der Waals surface area (Å²) in [5.74, 6) is 1.77. The molecule has 0 radical (unpaired) electrons. The molecule has 0 fully saturated rings. The SMILES string of the molecule is CC(NCc1nnc2ccccn12)c1ccc(Br)o1. The van der Waals surface area contributed by atoms with Gasteiger partial charge in [-0.1, -0.05) is 6.07 Å². The van der Waals surface area contributed by atoms with Gasteiger partial charge in [-0.15, -0.1) is 10.2 Å². The van der Waals surface area contributed by atoms with Gasteiger partial charge in [0.05, 0.1) is 12.6 Å². The van der Waals surface area contributed by atoms with Crippen LogP contribution in [0, 0.1) is 0 Å². The third kappa shape index (κ3) is 2.54. The van der Waals surface area contributed by atoms with Gasteiger partial charge in [-0.25, -0.2) is 0 Å². The standard InChI is InChI=1S/C13H13BrN4O/c1-9(10-5-6-11(14)19-10)15-8-13-17-16-12-4-2-3-7-18(12)13/h2-7,9,15H,8H2,1H3. The zero-order chi connectivity index (χ0) is 13.2. The fourth-order valence-electron chi connectivity index (χ4n) is 1.92. The second kappa shape index (κ2) is 5.14. The summed E-state index contributed by atoms with van der Waals surface area (Å²) in [6, 6.07) is 9.80. The van der Waals surface area contributed by atoms with Crippen molar-refractivity contribution in [3.8, 4) is 0 Å². The summed E-state index contributed by atoms with van der Waals surface area (Å²) in [6.07, 6.45) is 1.96. The van der Waals surface area contributed by atoms with E-state index in [1.807, 2.05) is 40.9 Å². The van der Waals surface area contributed by atoms with Crippen LogP contribution < -0.4 is 5.32 Å². The van der Waals surface area contributed by atoms with Crippen LogP contribution in [0.5, 0.6) is 0 Å². The van der Waals surface area contributed by atoms with Gasteiger partial charge in [-0.2, -0.15) is 0 Å². The minimum absolute atomic E-state index is 0.113. The fraction of sp³-hybridized carbons (Fsp3) is 0.231. The van der Waals surface area contributed by atoms with Crippen LogP contribution in [0.3, 0.4) is 0 Å². The number of hydrogen-bond donors (Lipinski definition) is 1. The van der Waals surface area contributed by atoms with Gasteiger partial charge in [-0.3, -0.25) is 4.40 Å². The van der Waals surface area contributed by atoms with Gasteiger partial charge >= 0.3 is 0 Å². The van der Waals surface area contributed by atoms with E-state index in [4.69, 9.17) is 4.42 Å². The summed E-state index contributed by atoms with van der Waals surface area (Å²) < 4.78 is 8.22. The van der Waals surface area contributed by atoms with E-state index in [0.29, 0.717) is 6.54 Å². The minimum Gasteiger partial charge on any atom is -0.453 e. The highest BCUT2D eigenvalue weighted by Crippen LogP contribution is 2.20. The summed E-state index contributed by atoms with van der Waals surface area (Å²) in [5.41, 5.74) is 0.854. The highest BCUT2D eigenvalue weighted by Gasteiger charge is 2.11. The average Bonchev–Trinajstić information content (AvgIpc) is 3.02. The molecule has 19 heavy (non-hydrogen) atoms. The Balaban J connectivity index is 1.72. The minimum atomic E-state index is 0.113. The van der Waals surface area contributed by atoms with E-state index >= 15 is 0 Å². The third-order valence-corrected chi connectivity index (χ3v) is 3.40. The Bertz CT molecular complexity index is 691. The molecular weight excluding hydrogens is 308 g/mol. The Hall–Kier alpha value is -1.66. The predicted molar refractivity (Wildman–Crippen MR) is 74.6 cm³/mol. The third-order valence-electron chi connectivity index (χ3n) is 2.97. The Morgan fingerprint density at radius 1 is 1.32 bits per heavy atom. The van der Waals surface area contributed by atoms with E-state index in [0.717, 1.165) is 21.9 Å². The summed E-state index contributed by atoms with van der Waals surface area (Å²) in [5, 5.41) is 11.7. The van der Waals surface area contributed by atoms with Crippen molar-refractivity contribution >= 4 is 21.6 Å². The molecule has 0 bridgehead atoms. The molecule has 98 valence electrons. The zero-order valence-electron chi connectivity index (χ0n) is 10.4. The molecule has 0 saturated heterocycles. The van der Waals surface area contributed by atoms with Crippen LogP contribution in [-0.4, -0.2) is 14.6 Å². The van der Waals surface area contributed by atoms with Crippen LogP contribution in [0.1, 0.15) is 24.6 Å². The Morgan fingerprint density at radius 3 is 3.00 bits per heavy atom. The lowest BCUT2D eigenvalue weighted by atomic mass is 10.2. The first-order valence-electron chi connectivity index (χ1n) is 6.01. The number of rotatable bonds is 4. The lowest BCUT2D eigenvalue weighted by molar-refractivity contribution is 0.414. The van der Waals surface area contributed by atoms with E-state index in [9.17, 15) is 0 Å². The molecule has 1 N–H and O–H groups in total. The van der Waals surface area contributed by atoms with Crippen molar-refractivity contribution in [3.63, 3.8) is 0 Å². The van der Waals surface area contributed by atoms with Crippen LogP contribution in [0.25, 0.3) is 5.65 Å². The maximum Gasteiger partial charge on any atom is 0.169 e. The monoisotopic (exact) mass is 320 g/mol. The zero-order valence-corrected chi connectivity index (χ0v) is 12.0. The number of pyridine rings is 1. The summed E-state index contributed by atoms with van der Waals surface area (Å²) in [4.78, 5) is 0. The summed E-state index contributed by atoms with van der Waals surface area (Å²) in [7, 11) is 0. The molecule has 1 unspecified atom stereocenters. The molecule has 3 rings (SSSR count). The molecule has 5 nitrogen and oxygen atoms in total. The van der Waals surface area contributed by atoms with Crippen molar-refractivity contribution in [2.24, 2.45) is 0 Å². The number of furan rings is 1. The largest absolute Gasteiger partial charge is 0.453 e. The van der Waals surface area contributed by atoms with Crippen molar-refractivity contribution in [3.05, 3.63) is 52.8 Å². The number of halogens is 1. The van der Waals surface area contributed by atoms with Gasteiger partial charge in [0.25, 0.3) is 0 Å². The molecule has 0 aliphatic carbocycles. The maximum absolute atomic E-state index is 5.51. The van der Waals surface area contributed by atoms with Crippen LogP contribution >= 0.6 is 15.9 Å². The Kier molecular flexibility index (Phi) is 3.35. The lowest BCUT2D eigenvalue weighted by Crippen LogP contribution is -2.19. The van der Waals surface area contributed by atoms with E-state index < -0.39 is 0 Å². The van der Waals surface area contributed by atoms with Crippen molar-refractivity contribution in [2.75, 3.05) is 0 Å². The van der Waals surface area contributed by atoms with Gasteiger partial charge in [0, 0.05) is 6.20 Å². The number of nitrogens with zero attached hydrogens (tertiary/aromatic N) is 3. The molecule has 6 heteroatoms. The van der Waals surface area contributed by atoms with Crippen molar-refractivity contribution in [2.45, 2.75) is 19.5 Å². The van der Waals surface area contributed by atoms with Gasteiger partial charge in [-0.05, 0) is 47.1 Å². The molecular formula is C13H13BrN4O. The maximum atomic E-state index is 5.51. The molecule has 3 aromatic rings. The quantitative estimate of drug-likeness (QED) is 0.803. The van der Waals surface area contributed by atoms with Gasteiger partial charge in [0.2, 0.25) is 0 Å². The van der Waals surface area contributed by atoms with Crippen LogP contribution in [0.15, 0.2) is 45.6 Å². The van der Waals surface area contributed by atoms with Crippen molar-refractivity contribution in [1.29, 1.82) is 0 Å². The molecule has 0 amide bonds. The van der Waals surface area contributed by atoms with E-state index in [1.54, 1.807) is 0 Å². The smallest absolute Gasteiger partial charge is 0.169 e. The molecule has 0 aliphatic heterocycles.